The minimum absolute atomic E-state index is 0. The lowest BCUT2D eigenvalue weighted by Crippen LogP contribution is -2.49. The predicted octanol–water partition coefficient (Wildman–Crippen LogP) is 3.43. The quantitative estimate of drug-likeness (QED) is 0.831. The summed E-state index contributed by atoms with van der Waals surface area (Å²) in [6, 6.07) is 9.53. The number of carbonyl (C=O) groups excluding carboxylic acids is 1. The van der Waals surface area contributed by atoms with E-state index in [-0.39, 0.29) is 18.3 Å². The first-order valence-corrected chi connectivity index (χ1v) is 7.74. The van der Waals surface area contributed by atoms with Gasteiger partial charge in [0.1, 0.15) is 0 Å². The topological polar surface area (TPSA) is 36.4 Å². The van der Waals surface area contributed by atoms with E-state index in [1.165, 1.54) is 5.56 Å². The maximum Gasteiger partial charge on any atom is 0.255 e. The fourth-order valence-corrected chi connectivity index (χ4v) is 3.17. The molecule has 0 aliphatic carbocycles. The summed E-state index contributed by atoms with van der Waals surface area (Å²) in [5.41, 5.74) is 2.89. The summed E-state index contributed by atoms with van der Waals surface area (Å²) in [4.78, 5) is 20.6. The Morgan fingerprint density at radius 1 is 1.13 bits per heavy atom. The van der Waals surface area contributed by atoms with Gasteiger partial charge in [0.2, 0.25) is 0 Å². The number of aryl methyl sites for hydroxylation is 1. The Labute approximate surface area is 147 Å². The Balaban J connectivity index is 0.00000192. The molecule has 1 amide bonds. The minimum Gasteiger partial charge on any atom is -0.367 e. The zero-order valence-corrected chi connectivity index (χ0v) is 14.5. The molecule has 1 fully saturated rings. The van der Waals surface area contributed by atoms with Crippen LogP contribution in [0.3, 0.4) is 0 Å². The molecule has 2 aromatic rings. The van der Waals surface area contributed by atoms with Gasteiger partial charge in [-0.3, -0.25) is 9.78 Å². The summed E-state index contributed by atoms with van der Waals surface area (Å²) in [5, 5.41) is 0.770. The number of pyridine rings is 1. The molecule has 0 spiro atoms. The van der Waals surface area contributed by atoms with Crippen LogP contribution in [0.2, 0.25) is 5.02 Å². The molecule has 1 aromatic carbocycles. The van der Waals surface area contributed by atoms with Crippen LogP contribution in [0, 0.1) is 6.92 Å². The second kappa shape index (κ2) is 7.66. The van der Waals surface area contributed by atoms with E-state index >= 15 is 0 Å². The van der Waals surface area contributed by atoms with E-state index < -0.39 is 0 Å². The number of halogens is 2. The van der Waals surface area contributed by atoms with E-state index in [4.69, 9.17) is 11.6 Å². The molecule has 0 radical (unpaired) electrons. The van der Waals surface area contributed by atoms with Crippen LogP contribution in [-0.2, 0) is 0 Å². The normalized spacial score (nSPS) is 14.3. The molecule has 0 saturated carbocycles. The molecular formula is C17H19Cl2N3O. The minimum atomic E-state index is 0. The van der Waals surface area contributed by atoms with Crippen molar-refractivity contribution in [3.05, 3.63) is 58.9 Å². The van der Waals surface area contributed by atoms with Gasteiger partial charge in [-0.05, 0) is 30.7 Å². The molecule has 1 aliphatic rings. The number of hydrogen-bond acceptors (Lipinski definition) is 3. The third-order valence-electron chi connectivity index (χ3n) is 3.98. The number of para-hydroxylation sites is 1. The predicted molar refractivity (Wildman–Crippen MR) is 95.8 cm³/mol. The molecule has 1 aliphatic heterocycles. The van der Waals surface area contributed by atoms with Crippen molar-refractivity contribution >= 4 is 35.6 Å². The summed E-state index contributed by atoms with van der Waals surface area (Å²) >= 11 is 6.33. The van der Waals surface area contributed by atoms with Gasteiger partial charge in [-0.2, -0.15) is 0 Å². The van der Waals surface area contributed by atoms with Gasteiger partial charge in [0.05, 0.1) is 16.3 Å². The van der Waals surface area contributed by atoms with Crippen LogP contribution < -0.4 is 4.90 Å². The van der Waals surface area contributed by atoms with Crippen molar-refractivity contribution in [2.45, 2.75) is 6.92 Å². The molecule has 0 atom stereocenters. The van der Waals surface area contributed by atoms with Gasteiger partial charge in [0.25, 0.3) is 5.91 Å². The van der Waals surface area contributed by atoms with Crippen molar-refractivity contribution in [3.8, 4) is 0 Å². The molecular weight excluding hydrogens is 333 g/mol. The zero-order chi connectivity index (χ0) is 15.5. The molecule has 1 saturated heterocycles. The highest BCUT2D eigenvalue weighted by Crippen LogP contribution is 2.30. The fourth-order valence-electron chi connectivity index (χ4n) is 2.83. The van der Waals surface area contributed by atoms with Crippen molar-refractivity contribution in [2.24, 2.45) is 0 Å². The smallest absolute Gasteiger partial charge is 0.255 e. The van der Waals surface area contributed by atoms with Crippen LogP contribution in [0.4, 0.5) is 5.69 Å². The lowest BCUT2D eigenvalue weighted by atomic mass is 10.1. The van der Waals surface area contributed by atoms with E-state index in [1.54, 1.807) is 24.5 Å². The number of aromatic nitrogens is 1. The lowest BCUT2D eigenvalue weighted by molar-refractivity contribution is 0.0746. The number of anilines is 1. The summed E-state index contributed by atoms with van der Waals surface area (Å²) in [7, 11) is 0. The highest BCUT2D eigenvalue weighted by molar-refractivity contribution is 6.33. The van der Waals surface area contributed by atoms with Crippen molar-refractivity contribution in [3.63, 3.8) is 0 Å². The van der Waals surface area contributed by atoms with Gasteiger partial charge in [-0.15, -0.1) is 12.4 Å². The first-order valence-electron chi connectivity index (χ1n) is 7.36. The molecule has 23 heavy (non-hydrogen) atoms. The number of amides is 1. The van der Waals surface area contributed by atoms with Crippen LogP contribution >= 0.6 is 24.0 Å². The highest BCUT2D eigenvalue weighted by atomic mass is 35.5. The molecule has 3 rings (SSSR count). The van der Waals surface area contributed by atoms with E-state index in [9.17, 15) is 4.79 Å². The van der Waals surface area contributed by atoms with Gasteiger partial charge < -0.3 is 9.80 Å². The molecule has 0 bridgehead atoms. The van der Waals surface area contributed by atoms with Gasteiger partial charge >= 0.3 is 0 Å². The van der Waals surface area contributed by atoms with E-state index in [0.717, 1.165) is 23.8 Å². The van der Waals surface area contributed by atoms with Crippen LogP contribution in [0.5, 0.6) is 0 Å². The van der Waals surface area contributed by atoms with Gasteiger partial charge in [-0.1, -0.05) is 23.7 Å². The van der Waals surface area contributed by atoms with Crippen LogP contribution in [0.25, 0.3) is 0 Å². The monoisotopic (exact) mass is 351 g/mol. The molecule has 1 aromatic heterocycles. The number of benzene rings is 1. The largest absolute Gasteiger partial charge is 0.367 e. The van der Waals surface area contributed by atoms with Gasteiger partial charge in [0.15, 0.2) is 0 Å². The Kier molecular flexibility index (Phi) is 5.85. The summed E-state index contributed by atoms with van der Waals surface area (Å²) in [6.45, 7) is 5.03. The van der Waals surface area contributed by atoms with Crippen molar-refractivity contribution < 1.29 is 4.79 Å². The van der Waals surface area contributed by atoms with Crippen molar-refractivity contribution in [2.75, 3.05) is 31.1 Å². The van der Waals surface area contributed by atoms with Crippen molar-refractivity contribution in [1.29, 1.82) is 0 Å². The second-order valence-electron chi connectivity index (χ2n) is 5.43. The summed E-state index contributed by atoms with van der Waals surface area (Å²) in [6.07, 6.45) is 3.29. The molecule has 0 unspecified atom stereocenters. The SMILES string of the molecule is Cc1cccc(Cl)c1N1CCN(C(=O)c2cccnc2)CC1.Cl. The number of piperazine rings is 1. The van der Waals surface area contributed by atoms with Gasteiger partial charge in [0, 0.05) is 38.6 Å². The first-order chi connectivity index (χ1) is 10.7. The average molecular weight is 352 g/mol. The first kappa shape index (κ1) is 17.6. The van der Waals surface area contributed by atoms with Crippen LogP contribution in [-0.4, -0.2) is 42.0 Å². The van der Waals surface area contributed by atoms with E-state index in [0.29, 0.717) is 18.7 Å². The highest BCUT2D eigenvalue weighted by Gasteiger charge is 2.24. The standard InChI is InChI=1S/C17H18ClN3O.ClH/c1-13-4-2-6-15(18)16(13)20-8-10-21(11-9-20)17(22)14-5-3-7-19-12-14;/h2-7,12H,8-11H2,1H3;1H. The molecule has 0 N–H and O–H groups in total. The Morgan fingerprint density at radius 2 is 1.87 bits per heavy atom. The van der Waals surface area contributed by atoms with Crippen LogP contribution in [0.15, 0.2) is 42.7 Å². The number of hydrogen-bond donors (Lipinski definition) is 0. The maximum atomic E-state index is 12.4. The Bertz CT molecular complexity index is 651. The molecule has 4 nitrogen and oxygen atoms in total. The average Bonchev–Trinajstić information content (AvgIpc) is 2.55. The zero-order valence-electron chi connectivity index (χ0n) is 12.9. The Morgan fingerprint density at radius 3 is 2.48 bits per heavy atom. The van der Waals surface area contributed by atoms with Crippen LogP contribution in [0.1, 0.15) is 15.9 Å². The number of rotatable bonds is 2. The Hall–Kier alpha value is -1.78. The fraction of sp³-hybridized carbons (Fsp3) is 0.294. The van der Waals surface area contributed by atoms with E-state index in [2.05, 4.69) is 22.9 Å². The second-order valence-corrected chi connectivity index (χ2v) is 5.83. The summed E-state index contributed by atoms with van der Waals surface area (Å²) < 4.78 is 0. The third-order valence-corrected chi connectivity index (χ3v) is 4.29. The van der Waals surface area contributed by atoms with E-state index in [1.807, 2.05) is 17.0 Å². The van der Waals surface area contributed by atoms with Crippen molar-refractivity contribution in [1.82, 2.24) is 9.88 Å². The number of carbonyl (C=O) groups is 1. The van der Waals surface area contributed by atoms with Gasteiger partial charge in [-0.25, -0.2) is 0 Å². The lowest BCUT2D eigenvalue weighted by Gasteiger charge is -2.37. The molecule has 122 valence electrons. The molecule has 6 heteroatoms. The molecule has 2 heterocycles. The third kappa shape index (κ3) is 3.77. The summed E-state index contributed by atoms with van der Waals surface area (Å²) in [5.74, 6) is 0.0450. The maximum absolute atomic E-state index is 12.4. The number of nitrogens with zero attached hydrogens (tertiary/aromatic N) is 3.